The molecule has 0 aliphatic carbocycles. The lowest BCUT2D eigenvalue weighted by molar-refractivity contribution is -0.143. The van der Waals surface area contributed by atoms with Crippen LogP contribution in [-0.4, -0.2) is 29.6 Å². The summed E-state index contributed by atoms with van der Waals surface area (Å²) < 4.78 is 12.7. The molecule has 2 N–H and O–H groups in total. The average Bonchev–Trinajstić information content (AvgIpc) is 3.29. The molecule has 182 valence electrons. The van der Waals surface area contributed by atoms with Gasteiger partial charge < -0.3 is 18.9 Å². The average molecular weight is 475 g/mol. The van der Waals surface area contributed by atoms with E-state index in [-0.39, 0.29) is 11.9 Å². The molecule has 3 rings (SSSR count). The number of aliphatic imine (C=N–C) groups is 1. The summed E-state index contributed by atoms with van der Waals surface area (Å²) in [6.07, 6.45) is 3.86. The third-order valence-corrected chi connectivity index (χ3v) is 5.37. The van der Waals surface area contributed by atoms with E-state index in [4.69, 9.17) is 20.2 Å². The van der Waals surface area contributed by atoms with Crippen LogP contribution in [0.15, 0.2) is 60.2 Å². The molecule has 0 bridgehead atoms. The molecule has 0 unspecified atom stereocenters. The lowest BCUT2D eigenvalue weighted by Gasteiger charge is -2.11. The van der Waals surface area contributed by atoms with Gasteiger partial charge in [-0.3, -0.25) is 4.79 Å². The molecule has 0 atom stereocenters. The summed E-state index contributed by atoms with van der Waals surface area (Å²) >= 11 is 0. The van der Waals surface area contributed by atoms with Crippen LogP contribution in [-0.2, 0) is 20.9 Å². The maximum atomic E-state index is 11.6. The van der Waals surface area contributed by atoms with Crippen molar-refractivity contribution in [2.45, 2.75) is 39.7 Å². The lowest BCUT2D eigenvalue weighted by atomic mass is 10.1. The molecular formula is C27H30N4O4. The molecule has 1 aromatic heterocycles. The summed E-state index contributed by atoms with van der Waals surface area (Å²) in [5.74, 6) is 5.98. The number of carbonyl (C=O) groups is 1. The van der Waals surface area contributed by atoms with Gasteiger partial charge in [0.05, 0.1) is 24.5 Å². The fraction of sp³-hybridized carbons (Fsp3) is 0.296. The maximum absolute atomic E-state index is 11.6. The van der Waals surface area contributed by atoms with Gasteiger partial charge in [0.2, 0.25) is 5.90 Å². The van der Waals surface area contributed by atoms with Gasteiger partial charge in [-0.25, -0.2) is 4.99 Å². The van der Waals surface area contributed by atoms with Crippen molar-refractivity contribution in [3.63, 3.8) is 0 Å². The smallest absolute Gasteiger partial charge is 0.305 e. The van der Waals surface area contributed by atoms with E-state index >= 15 is 0 Å². The van der Waals surface area contributed by atoms with Crippen LogP contribution in [0.25, 0.3) is 16.6 Å². The molecule has 0 radical (unpaired) electrons. The van der Waals surface area contributed by atoms with Crippen LogP contribution < -0.4 is 10.6 Å². The minimum atomic E-state index is -0.189. The normalized spacial score (nSPS) is 11.2. The third-order valence-electron chi connectivity index (χ3n) is 5.37. The van der Waals surface area contributed by atoms with Gasteiger partial charge in [0.15, 0.2) is 0 Å². The van der Waals surface area contributed by atoms with Crippen LogP contribution in [0.1, 0.15) is 49.8 Å². The quantitative estimate of drug-likeness (QED) is 0.182. The number of nitrogens with zero attached hydrogens (tertiary/aromatic N) is 3. The van der Waals surface area contributed by atoms with E-state index in [9.17, 15) is 10.1 Å². The Morgan fingerprint density at radius 1 is 1.23 bits per heavy atom. The predicted octanol–water partition coefficient (Wildman–Crippen LogP) is 4.95. The van der Waals surface area contributed by atoms with Gasteiger partial charge in [-0.1, -0.05) is 25.6 Å². The first-order valence-corrected chi connectivity index (χ1v) is 11.6. The molecule has 0 amide bonds. The zero-order valence-corrected chi connectivity index (χ0v) is 20.1. The molecule has 35 heavy (non-hydrogen) atoms. The van der Waals surface area contributed by atoms with Crippen molar-refractivity contribution in [3.8, 4) is 11.8 Å². The van der Waals surface area contributed by atoms with Crippen molar-refractivity contribution in [1.29, 1.82) is 5.26 Å². The molecular weight excluding hydrogens is 444 g/mol. The van der Waals surface area contributed by atoms with Gasteiger partial charge in [0, 0.05) is 41.2 Å². The summed E-state index contributed by atoms with van der Waals surface area (Å²) in [6, 6.07) is 15.1. The highest BCUT2D eigenvalue weighted by Crippen LogP contribution is 2.28. The van der Waals surface area contributed by atoms with E-state index in [1.54, 1.807) is 25.1 Å². The van der Waals surface area contributed by atoms with Crippen LogP contribution in [0, 0.1) is 11.3 Å². The first kappa shape index (κ1) is 25.5. The van der Waals surface area contributed by atoms with Crippen LogP contribution in [0.4, 0.5) is 0 Å². The Bertz CT molecular complexity index is 1270. The number of nitrogens with two attached hydrogens (primary N) is 1. The van der Waals surface area contributed by atoms with Crippen LogP contribution in [0.2, 0.25) is 0 Å². The van der Waals surface area contributed by atoms with E-state index in [1.165, 1.54) is 0 Å². The van der Waals surface area contributed by atoms with Crippen molar-refractivity contribution in [1.82, 2.24) is 4.57 Å². The first-order valence-electron chi connectivity index (χ1n) is 11.6. The number of nitriles is 1. The Hall–Kier alpha value is -4.09. The second-order valence-electron chi connectivity index (χ2n) is 7.81. The van der Waals surface area contributed by atoms with Gasteiger partial charge in [0.25, 0.3) is 0 Å². The minimum absolute atomic E-state index is 0.138. The summed E-state index contributed by atoms with van der Waals surface area (Å²) in [4.78, 5) is 21.2. The second kappa shape index (κ2) is 12.4. The molecule has 0 aliphatic rings. The van der Waals surface area contributed by atoms with E-state index < -0.39 is 0 Å². The van der Waals surface area contributed by atoms with Gasteiger partial charge in [0.1, 0.15) is 11.8 Å². The number of rotatable bonds is 11. The van der Waals surface area contributed by atoms with Crippen molar-refractivity contribution >= 4 is 28.5 Å². The number of esters is 1. The molecule has 0 saturated carbocycles. The van der Waals surface area contributed by atoms with Crippen LogP contribution in [0.3, 0.4) is 0 Å². The van der Waals surface area contributed by atoms with E-state index in [1.807, 2.05) is 37.4 Å². The minimum Gasteiger partial charge on any atom is -0.492 e. The predicted molar refractivity (Wildman–Crippen MR) is 136 cm³/mol. The Balaban J connectivity index is 1.84. The number of hydrogen-bond donors (Lipinski definition) is 1. The highest BCUT2D eigenvalue weighted by Gasteiger charge is 2.13. The molecule has 0 saturated heterocycles. The number of aryl methyl sites for hydroxylation is 1. The van der Waals surface area contributed by atoms with E-state index in [0.29, 0.717) is 55.2 Å². The molecule has 0 fully saturated rings. The number of ether oxygens (including phenoxy) is 2. The number of carbonyl (C=O) groups excluding carboxylic acids is 1. The maximum Gasteiger partial charge on any atom is 0.305 e. The van der Waals surface area contributed by atoms with E-state index in [0.717, 1.165) is 22.9 Å². The van der Waals surface area contributed by atoms with Crippen molar-refractivity contribution in [3.05, 3.63) is 71.9 Å². The topological polar surface area (TPSA) is 112 Å². The fourth-order valence-corrected chi connectivity index (χ4v) is 3.73. The highest BCUT2D eigenvalue weighted by molar-refractivity contribution is 6.00. The molecule has 8 nitrogen and oxygen atoms in total. The van der Waals surface area contributed by atoms with Crippen molar-refractivity contribution in [2.24, 2.45) is 10.9 Å². The number of benzene rings is 2. The van der Waals surface area contributed by atoms with Gasteiger partial charge in [-0.05, 0) is 50.1 Å². The van der Waals surface area contributed by atoms with Crippen molar-refractivity contribution in [2.75, 3.05) is 13.2 Å². The summed E-state index contributed by atoms with van der Waals surface area (Å²) in [5.41, 5.74) is 3.20. The summed E-state index contributed by atoms with van der Waals surface area (Å²) in [7, 11) is 0. The highest BCUT2D eigenvalue weighted by atomic mass is 16.6. The number of fused-ring (bicyclic) bond motifs is 1. The molecule has 3 aromatic rings. The monoisotopic (exact) mass is 474 g/mol. The molecule has 0 spiro atoms. The third kappa shape index (κ3) is 6.28. The Kier molecular flexibility index (Phi) is 9.04. The first-order chi connectivity index (χ1) is 17.0. The largest absolute Gasteiger partial charge is 0.492 e. The molecule has 1 heterocycles. The van der Waals surface area contributed by atoms with Gasteiger partial charge in [-0.2, -0.15) is 11.2 Å². The van der Waals surface area contributed by atoms with Crippen molar-refractivity contribution < 1.29 is 19.1 Å². The summed E-state index contributed by atoms with van der Waals surface area (Å²) in [6.45, 7) is 9.51. The van der Waals surface area contributed by atoms with Crippen LogP contribution >= 0.6 is 0 Å². The fourth-order valence-electron chi connectivity index (χ4n) is 3.73. The number of hydrogen-bond acceptors (Lipinski definition) is 7. The Morgan fingerprint density at radius 3 is 2.77 bits per heavy atom. The lowest BCUT2D eigenvalue weighted by Crippen LogP contribution is -2.12. The molecule has 8 heteroatoms. The number of aromatic nitrogens is 1. The zero-order valence-electron chi connectivity index (χ0n) is 20.1. The second-order valence-corrected chi connectivity index (χ2v) is 7.81. The SMILES string of the molecule is C=C(N=C(ON)c1ccc(OCCC)c(C#N)c1)c1cccc2c1ccn2CCCC(=O)OCC. The summed E-state index contributed by atoms with van der Waals surface area (Å²) in [5, 5.41) is 10.5. The standard InChI is InChI=1S/C27H30N4O4/c1-4-16-34-25-12-11-20(17-21(25)18-28)27(35-29)30-19(3)22-8-6-9-24-23(22)13-15-31(24)14-7-10-26(32)33-5-2/h6,8-9,11-13,15,17H,3-5,7,10,14,16,29H2,1-2H3. The van der Waals surface area contributed by atoms with Gasteiger partial charge in [-0.15, -0.1) is 0 Å². The van der Waals surface area contributed by atoms with E-state index in [2.05, 4.69) is 22.2 Å². The van der Waals surface area contributed by atoms with Crippen LogP contribution in [0.5, 0.6) is 5.75 Å². The molecule has 2 aromatic carbocycles. The zero-order chi connectivity index (χ0) is 25.2. The Labute approximate surface area is 205 Å². The Morgan fingerprint density at radius 2 is 2.06 bits per heavy atom. The van der Waals surface area contributed by atoms with Gasteiger partial charge >= 0.3 is 5.97 Å². The molecule has 0 aliphatic heterocycles.